The van der Waals surface area contributed by atoms with Crippen LogP contribution in [0.1, 0.15) is 16.1 Å². The van der Waals surface area contributed by atoms with Crippen LogP contribution in [-0.2, 0) is 0 Å². The lowest BCUT2D eigenvalue weighted by molar-refractivity contribution is -0.134. The first-order chi connectivity index (χ1) is 6.29. The molecular weight excluding hydrogens is 368 g/mol. The Morgan fingerprint density at radius 3 is 2.43 bits per heavy atom. The molecule has 0 N–H and O–H groups in total. The molecule has 0 saturated heterocycles. The third-order valence-electron chi connectivity index (χ3n) is 1.38. The van der Waals surface area contributed by atoms with E-state index in [4.69, 9.17) is 11.6 Å². The third-order valence-corrected chi connectivity index (χ3v) is 5.09. The van der Waals surface area contributed by atoms with Crippen LogP contribution in [0, 0.1) is 0 Å². The SMILES string of the molecule is FC(F)(F)CC(Br)c1cc(Br)c(Cl)s1. The molecule has 7 heteroatoms. The van der Waals surface area contributed by atoms with Gasteiger partial charge in [-0.05, 0) is 22.0 Å². The van der Waals surface area contributed by atoms with Crippen molar-refractivity contribution >= 4 is 54.8 Å². The lowest BCUT2D eigenvalue weighted by atomic mass is 10.2. The normalized spacial score (nSPS) is 14.4. The summed E-state index contributed by atoms with van der Waals surface area (Å²) in [6.07, 6.45) is -5.06. The second kappa shape index (κ2) is 4.72. The maximum Gasteiger partial charge on any atom is 0.390 e. The fourth-order valence-corrected chi connectivity index (χ4v) is 3.32. The van der Waals surface area contributed by atoms with E-state index in [9.17, 15) is 13.2 Å². The van der Waals surface area contributed by atoms with Crippen LogP contribution in [0.15, 0.2) is 10.5 Å². The van der Waals surface area contributed by atoms with Gasteiger partial charge in [-0.2, -0.15) is 13.2 Å². The van der Waals surface area contributed by atoms with Crippen molar-refractivity contribution in [2.75, 3.05) is 0 Å². The van der Waals surface area contributed by atoms with E-state index in [1.54, 1.807) is 6.07 Å². The highest BCUT2D eigenvalue weighted by Gasteiger charge is 2.32. The molecule has 0 aliphatic rings. The molecule has 0 aliphatic heterocycles. The molecule has 80 valence electrons. The molecule has 0 spiro atoms. The van der Waals surface area contributed by atoms with Gasteiger partial charge >= 0.3 is 6.18 Å². The van der Waals surface area contributed by atoms with E-state index in [0.29, 0.717) is 13.7 Å². The van der Waals surface area contributed by atoms with Crippen LogP contribution in [0.25, 0.3) is 0 Å². The van der Waals surface area contributed by atoms with E-state index in [-0.39, 0.29) is 0 Å². The zero-order chi connectivity index (χ0) is 10.9. The lowest BCUT2D eigenvalue weighted by Crippen LogP contribution is -2.09. The zero-order valence-electron chi connectivity index (χ0n) is 6.54. The van der Waals surface area contributed by atoms with Gasteiger partial charge in [-0.25, -0.2) is 0 Å². The van der Waals surface area contributed by atoms with Crippen molar-refractivity contribution in [3.8, 4) is 0 Å². The van der Waals surface area contributed by atoms with Crippen LogP contribution in [0.4, 0.5) is 13.2 Å². The van der Waals surface area contributed by atoms with Gasteiger partial charge in [0.25, 0.3) is 0 Å². The van der Waals surface area contributed by atoms with E-state index in [2.05, 4.69) is 31.9 Å². The fraction of sp³-hybridized carbons (Fsp3) is 0.429. The minimum atomic E-state index is -4.17. The van der Waals surface area contributed by atoms with E-state index >= 15 is 0 Å². The van der Waals surface area contributed by atoms with Gasteiger partial charge in [0.1, 0.15) is 4.34 Å². The first kappa shape index (κ1) is 12.8. The van der Waals surface area contributed by atoms with Gasteiger partial charge in [0, 0.05) is 9.35 Å². The summed E-state index contributed by atoms with van der Waals surface area (Å²) in [5, 5.41) is 0. The smallest absolute Gasteiger partial charge is 0.171 e. The van der Waals surface area contributed by atoms with E-state index in [1.165, 1.54) is 0 Å². The molecule has 1 heterocycles. The average Bonchev–Trinajstić information content (AvgIpc) is 2.28. The number of rotatable bonds is 2. The van der Waals surface area contributed by atoms with E-state index in [1.807, 2.05) is 0 Å². The van der Waals surface area contributed by atoms with Crippen LogP contribution < -0.4 is 0 Å². The van der Waals surface area contributed by atoms with Crippen molar-refractivity contribution < 1.29 is 13.2 Å². The Hall–Kier alpha value is 0.740. The van der Waals surface area contributed by atoms with Crippen molar-refractivity contribution in [1.82, 2.24) is 0 Å². The maximum absolute atomic E-state index is 12.0. The highest BCUT2D eigenvalue weighted by molar-refractivity contribution is 9.10. The number of hydrogen-bond donors (Lipinski definition) is 0. The molecular formula is C7H4Br2ClF3S. The lowest BCUT2D eigenvalue weighted by Gasteiger charge is -2.10. The minimum absolute atomic E-state index is 0.464. The topological polar surface area (TPSA) is 0 Å². The first-order valence-electron chi connectivity index (χ1n) is 3.45. The Balaban J connectivity index is 2.75. The summed E-state index contributed by atoms with van der Waals surface area (Å²) in [5.74, 6) is 0. The van der Waals surface area contributed by atoms with Crippen molar-refractivity contribution in [3.63, 3.8) is 0 Å². The largest absolute Gasteiger partial charge is 0.390 e. The molecule has 0 aliphatic carbocycles. The molecule has 1 aromatic rings. The van der Waals surface area contributed by atoms with Gasteiger partial charge in [0.15, 0.2) is 0 Å². The molecule has 1 rings (SSSR count). The Labute approximate surface area is 105 Å². The quantitative estimate of drug-likeness (QED) is 0.597. The van der Waals surface area contributed by atoms with Crippen LogP contribution >= 0.6 is 54.8 Å². The van der Waals surface area contributed by atoms with E-state index < -0.39 is 17.4 Å². The predicted molar refractivity (Wildman–Crippen MR) is 59.4 cm³/mol. The Morgan fingerprint density at radius 2 is 2.07 bits per heavy atom. The van der Waals surface area contributed by atoms with Crippen molar-refractivity contribution in [3.05, 3.63) is 19.8 Å². The summed E-state index contributed by atoms with van der Waals surface area (Å²) in [6, 6.07) is 1.60. The molecule has 0 bridgehead atoms. The summed E-state index contributed by atoms with van der Waals surface area (Å²) >= 11 is 13.0. The molecule has 0 amide bonds. The Morgan fingerprint density at radius 1 is 1.50 bits per heavy atom. The monoisotopic (exact) mass is 370 g/mol. The molecule has 1 aromatic heterocycles. The number of alkyl halides is 4. The van der Waals surface area contributed by atoms with E-state index in [0.717, 1.165) is 11.3 Å². The molecule has 0 radical (unpaired) electrons. The Bertz CT molecular complexity index is 304. The molecule has 0 saturated carbocycles. The van der Waals surface area contributed by atoms with Gasteiger partial charge in [0.2, 0.25) is 0 Å². The predicted octanol–water partition coefficient (Wildman–Crippen LogP) is 5.55. The molecule has 0 nitrogen and oxygen atoms in total. The second-order valence-corrected chi connectivity index (χ2v) is 6.20. The summed E-state index contributed by atoms with van der Waals surface area (Å²) in [4.78, 5) is -0.157. The van der Waals surface area contributed by atoms with Gasteiger partial charge in [-0.15, -0.1) is 11.3 Å². The molecule has 0 aromatic carbocycles. The Kier molecular flexibility index (Phi) is 4.32. The van der Waals surface area contributed by atoms with Crippen molar-refractivity contribution in [2.24, 2.45) is 0 Å². The van der Waals surface area contributed by atoms with Crippen LogP contribution in [-0.4, -0.2) is 6.18 Å². The zero-order valence-corrected chi connectivity index (χ0v) is 11.3. The van der Waals surface area contributed by atoms with Gasteiger partial charge in [0.05, 0.1) is 11.2 Å². The van der Waals surface area contributed by atoms with Gasteiger partial charge in [-0.1, -0.05) is 27.5 Å². The van der Waals surface area contributed by atoms with Gasteiger partial charge < -0.3 is 0 Å². The maximum atomic E-state index is 12.0. The molecule has 1 atom stereocenters. The first-order valence-corrected chi connectivity index (χ1v) is 6.35. The number of thiophene rings is 1. The molecule has 0 fully saturated rings. The highest BCUT2D eigenvalue weighted by atomic mass is 79.9. The summed E-state index contributed by atoms with van der Waals surface area (Å²) in [6.45, 7) is 0. The molecule has 1 unspecified atom stereocenters. The van der Waals surface area contributed by atoms with Gasteiger partial charge in [-0.3, -0.25) is 0 Å². The average molecular weight is 372 g/mol. The van der Waals surface area contributed by atoms with Crippen LogP contribution in [0.2, 0.25) is 4.34 Å². The minimum Gasteiger partial charge on any atom is -0.171 e. The second-order valence-electron chi connectivity index (χ2n) is 2.56. The van der Waals surface area contributed by atoms with Crippen LogP contribution in [0.3, 0.4) is 0 Å². The highest BCUT2D eigenvalue weighted by Crippen LogP contribution is 2.42. The molecule has 14 heavy (non-hydrogen) atoms. The fourth-order valence-electron chi connectivity index (χ4n) is 0.821. The van der Waals surface area contributed by atoms with Crippen LogP contribution in [0.5, 0.6) is 0 Å². The number of hydrogen-bond acceptors (Lipinski definition) is 1. The van der Waals surface area contributed by atoms with Crippen molar-refractivity contribution in [1.29, 1.82) is 0 Å². The van der Waals surface area contributed by atoms with Crippen molar-refractivity contribution in [2.45, 2.75) is 17.4 Å². The summed E-state index contributed by atoms with van der Waals surface area (Å²) in [7, 11) is 0. The third kappa shape index (κ3) is 3.72. The summed E-state index contributed by atoms with van der Waals surface area (Å²) in [5.41, 5.74) is 0. The summed E-state index contributed by atoms with van der Waals surface area (Å²) < 4.78 is 37.2. The number of halogens is 6. The standard InChI is InChI=1S/C7H4Br2ClF3S/c8-3-1-5(14-6(3)10)4(9)2-7(11,12)13/h1,4H,2H2.